The van der Waals surface area contributed by atoms with Crippen molar-refractivity contribution in [3.05, 3.63) is 0 Å². The van der Waals surface area contributed by atoms with Gasteiger partial charge in [0.05, 0.1) is 0 Å². The van der Waals surface area contributed by atoms with E-state index in [4.69, 9.17) is 0 Å². The fourth-order valence-electron chi connectivity index (χ4n) is 3.52. The Morgan fingerprint density at radius 2 is 1.18 bits per heavy atom. The molecule has 1 aliphatic carbocycles. The zero-order valence-electron chi connectivity index (χ0n) is 15.2. The Morgan fingerprint density at radius 1 is 0.773 bits per heavy atom. The molecule has 0 aromatic carbocycles. The molecule has 0 aromatic rings. The highest BCUT2D eigenvalue weighted by Gasteiger charge is 2.23. The van der Waals surface area contributed by atoms with E-state index in [1.54, 1.807) is 0 Å². The molecule has 2 heteroatoms. The molecule has 0 aliphatic heterocycles. The smallest absolute Gasteiger partial charge is 0.225 e. The second kappa shape index (κ2) is 13.0. The Morgan fingerprint density at radius 3 is 1.59 bits per heavy atom. The first-order valence-corrected chi connectivity index (χ1v) is 10.1. The SMILES string of the molecule is CCCCN(CCCC)C(=O)C1CCCCCCCCCC1. The van der Waals surface area contributed by atoms with Crippen LogP contribution in [-0.4, -0.2) is 23.9 Å². The number of rotatable bonds is 7. The van der Waals surface area contributed by atoms with Gasteiger partial charge in [0.1, 0.15) is 0 Å². The molecular formula is C20H39NO. The molecule has 1 saturated carbocycles. The summed E-state index contributed by atoms with van der Waals surface area (Å²) in [4.78, 5) is 15.2. The highest BCUT2D eigenvalue weighted by atomic mass is 16.2. The van der Waals surface area contributed by atoms with Gasteiger partial charge in [0.2, 0.25) is 5.91 Å². The summed E-state index contributed by atoms with van der Waals surface area (Å²) in [5, 5.41) is 0. The minimum atomic E-state index is 0.312. The average molecular weight is 310 g/mol. The molecule has 1 fully saturated rings. The average Bonchev–Trinajstić information content (AvgIpc) is 2.60. The number of hydrogen-bond donors (Lipinski definition) is 0. The standard InChI is InChI=1S/C20H39NO/c1-3-5-17-21(18-6-4-2)20(22)19-15-13-11-9-7-8-10-12-14-16-19/h19H,3-18H2,1-2H3. The highest BCUT2D eigenvalue weighted by Crippen LogP contribution is 2.23. The normalized spacial score (nSPS) is 18.6. The van der Waals surface area contributed by atoms with E-state index in [2.05, 4.69) is 18.7 Å². The van der Waals surface area contributed by atoms with E-state index in [-0.39, 0.29) is 0 Å². The fourth-order valence-corrected chi connectivity index (χ4v) is 3.52. The highest BCUT2D eigenvalue weighted by molar-refractivity contribution is 5.78. The summed E-state index contributed by atoms with van der Waals surface area (Å²) in [6.45, 7) is 6.39. The van der Waals surface area contributed by atoms with Crippen LogP contribution in [-0.2, 0) is 4.79 Å². The minimum Gasteiger partial charge on any atom is -0.342 e. The first kappa shape index (κ1) is 19.5. The maximum absolute atomic E-state index is 13.0. The van der Waals surface area contributed by atoms with Crippen LogP contribution in [0.25, 0.3) is 0 Å². The van der Waals surface area contributed by atoms with Crippen LogP contribution in [0.2, 0.25) is 0 Å². The first-order chi connectivity index (χ1) is 10.8. The zero-order chi connectivity index (χ0) is 16.0. The lowest BCUT2D eigenvalue weighted by Gasteiger charge is -2.27. The molecule has 0 heterocycles. The molecule has 0 N–H and O–H groups in total. The van der Waals surface area contributed by atoms with Crippen LogP contribution >= 0.6 is 0 Å². The summed E-state index contributed by atoms with van der Waals surface area (Å²) in [6, 6.07) is 0. The van der Waals surface area contributed by atoms with E-state index >= 15 is 0 Å². The van der Waals surface area contributed by atoms with Gasteiger partial charge >= 0.3 is 0 Å². The van der Waals surface area contributed by atoms with Crippen molar-refractivity contribution in [2.75, 3.05) is 13.1 Å². The van der Waals surface area contributed by atoms with Gasteiger partial charge in [-0.05, 0) is 25.7 Å². The van der Waals surface area contributed by atoms with E-state index in [0.29, 0.717) is 11.8 Å². The van der Waals surface area contributed by atoms with E-state index in [1.165, 1.54) is 64.2 Å². The van der Waals surface area contributed by atoms with Crippen molar-refractivity contribution in [3.8, 4) is 0 Å². The summed E-state index contributed by atoms with van der Waals surface area (Å²) >= 11 is 0. The molecule has 0 unspecified atom stereocenters. The van der Waals surface area contributed by atoms with Gasteiger partial charge in [0, 0.05) is 19.0 Å². The minimum absolute atomic E-state index is 0.312. The predicted molar refractivity (Wildman–Crippen MR) is 96.1 cm³/mol. The van der Waals surface area contributed by atoms with Crippen molar-refractivity contribution in [3.63, 3.8) is 0 Å². The second-order valence-corrected chi connectivity index (χ2v) is 7.14. The Bertz CT molecular complexity index is 257. The topological polar surface area (TPSA) is 20.3 Å². The Kier molecular flexibility index (Phi) is 11.5. The third-order valence-corrected chi connectivity index (χ3v) is 5.08. The van der Waals surface area contributed by atoms with E-state index < -0.39 is 0 Å². The quantitative estimate of drug-likeness (QED) is 0.569. The summed E-state index contributed by atoms with van der Waals surface area (Å²) < 4.78 is 0. The van der Waals surface area contributed by atoms with Crippen LogP contribution in [0, 0.1) is 5.92 Å². The molecule has 0 atom stereocenters. The molecule has 130 valence electrons. The van der Waals surface area contributed by atoms with Gasteiger partial charge in [-0.15, -0.1) is 0 Å². The van der Waals surface area contributed by atoms with Crippen molar-refractivity contribution in [2.45, 2.75) is 104 Å². The summed E-state index contributed by atoms with van der Waals surface area (Å²) in [5.74, 6) is 0.785. The van der Waals surface area contributed by atoms with Crippen LogP contribution < -0.4 is 0 Å². The van der Waals surface area contributed by atoms with E-state index in [0.717, 1.165) is 38.8 Å². The maximum atomic E-state index is 13.0. The molecular weight excluding hydrogens is 270 g/mol. The largest absolute Gasteiger partial charge is 0.342 e. The Hall–Kier alpha value is -0.530. The van der Waals surface area contributed by atoms with Gasteiger partial charge < -0.3 is 4.90 Å². The number of unbranched alkanes of at least 4 members (excludes halogenated alkanes) is 2. The number of hydrogen-bond acceptors (Lipinski definition) is 1. The van der Waals surface area contributed by atoms with Gasteiger partial charge in [0.25, 0.3) is 0 Å². The molecule has 1 aliphatic rings. The third kappa shape index (κ3) is 8.19. The van der Waals surface area contributed by atoms with Gasteiger partial charge in [-0.3, -0.25) is 4.79 Å². The lowest BCUT2D eigenvalue weighted by molar-refractivity contribution is -0.136. The maximum Gasteiger partial charge on any atom is 0.225 e. The molecule has 0 bridgehead atoms. The predicted octanol–water partition coefficient (Wildman–Crippen LogP) is 5.95. The number of amides is 1. The molecule has 1 rings (SSSR count). The second-order valence-electron chi connectivity index (χ2n) is 7.14. The van der Waals surface area contributed by atoms with Crippen molar-refractivity contribution >= 4 is 5.91 Å². The van der Waals surface area contributed by atoms with Crippen LogP contribution in [0.4, 0.5) is 0 Å². The van der Waals surface area contributed by atoms with Crippen LogP contribution in [0.3, 0.4) is 0 Å². The molecule has 0 aromatic heterocycles. The number of carbonyl (C=O) groups excluding carboxylic acids is 1. The molecule has 2 nitrogen and oxygen atoms in total. The van der Waals surface area contributed by atoms with E-state index in [1.807, 2.05) is 0 Å². The van der Waals surface area contributed by atoms with Crippen LogP contribution in [0.15, 0.2) is 0 Å². The number of nitrogens with zero attached hydrogens (tertiary/aromatic N) is 1. The molecule has 0 spiro atoms. The summed E-state index contributed by atoms with van der Waals surface area (Å²) in [5.41, 5.74) is 0. The molecule has 1 amide bonds. The molecule has 0 saturated heterocycles. The third-order valence-electron chi connectivity index (χ3n) is 5.08. The first-order valence-electron chi connectivity index (χ1n) is 10.1. The van der Waals surface area contributed by atoms with Crippen molar-refractivity contribution in [2.24, 2.45) is 5.92 Å². The summed E-state index contributed by atoms with van der Waals surface area (Å²) in [7, 11) is 0. The summed E-state index contributed by atoms with van der Waals surface area (Å²) in [6.07, 6.45) is 17.6. The van der Waals surface area contributed by atoms with Gasteiger partial charge in [0.15, 0.2) is 0 Å². The Balaban J connectivity index is 2.56. The van der Waals surface area contributed by atoms with Gasteiger partial charge in [-0.2, -0.15) is 0 Å². The lowest BCUT2D eigenvalue weighted by Crippen LogP contribution is -2.37. The lowest BCUT2D eigenvalue weighted by atomic mass is 9.93. The van der Waals surface area contributed by atoms with Crippen molar-refractivity contribution < 1.29 is 4.79 Å². The van der Waals surface area contributed by atoms with E-state index in [9.17, 15) is 4.79 Å². The van der Waals surface area contributed by atoms with Crippen LogP contribution in [0.5, 0.6) is 0 Å². The van der Waals surface area contributed by atoms with Crippen LogP contribution in [0.1, 0.15) is 104 Å². The number of carbonyl (C=O) groups is 1. The zero-order valence-corrected chi connectivity index (χ0v) is 15.2. The van der Waals surface area contributed by atoms with Gasteiger partial charge in [-0.25, -0.2) is 0 Å². The monoisotopic (exact) mass is 309 g/mol. The van der Waals surface area contributed by atoms with Crippen molar-refractivity contribution in [1.82, 2.24) is 4.90 Å². The molecule has 0 radical (unpaired) electrons. The van der Waals surface area contributed by atoms with Gasteiger partial charge in [-0.1, -0.05) is 78.1 Å². The fraction of sp³-hybridized carbons (Fsp3) is 0.950. The molecule has 22 heavy (non-hydrogen) atoms. The van der Waals surface area contributed by atoms with Crippen molar-refractivity contribution in [1.29, 1.82) is 0 Å². The Labute approximate surface area is 139 Å².